The third-order valence-corrected chi connectivity index (χ3v) is 4.22. The summed E-state index contributed by atoms with van der Waals surface area (Å²) in [4.78, 5) is 1.97. The molecule has 2 N–H and O–H groups in total. The summed E-state index contributed by atoms with van der Waals surface area (Å²) >= 11 is 0. The van der Waals surface area contributed by atoms with Gasteiger partial charge in [0.15, 0.2) is 0 Å². The van der Waals surface area contributed by atoms with Gasteiger partial charge in [0.1, 0.15) is 22.1 Å². The number of benzene rings is 2. The number of phenolic OH excluding ortho intramolecular Hbond substituents is 1. The van der Waals surface area contributed by atoms with Gasteiger partial charge in [-0.3, -0.25) is 0 Å². The van der Waals surface area contributed by atoms with Gasteiger partial charge in [0, 0.05) is 11.6 Å². The molecule has 7 nitrogen and oxygen atoms in total. The molecule has 0 amide bonds. The Morgan fingerprint density at radius 3 is 2.52 bits per heavy atom. The minimum Gasteiger partial charge on any atom is -0.507 e. The summed E-state index contributed by atoms with van der Waals surface area (Å²) in [5.41, 5.74) is 0.382. The standard InChI is InChI=1S/C15H16N2O5S/c1-21-12-7-8-14(22-2)15(9-12)23(19,20)17-16-10-11-5-3-4-6-13(11)18/h3-10,17-18H,1-2H3/b16-10-. The Kier molecular flexibility index (Phi) is 5.07. The number of hydrazone groups is 1. The average Bonchev–Trinajstić information content (AvgIpc) is 2.56. The third-order valence-electron chi connectivity index (χ3n) is 2.97. The second-order valence-corrected chi connectivity index (χ2v) is 6.06. The highest BCUT2D eigenvalue weighted by Crippen LogP contribution is 2.27. The van der Waals surface area contributed by atoms with E-state index in [1.54, 1.807) is 24.3 Å². The van der Waals surface area contributed by atoms with E-state index in [4.69, 9.17) is 9.47 Å². The molecule has 0 atom stereocenters. The van der Waals surface area contributed by atoms with Gasteiger partial charge in [0.25, 0.3) is 10.0 Å². The van der Waals surface area contributed by atoms with E-state index >= 15 is 0 Å². The van der Waals surface area contributed by atoms with Gasteiger partial charge >= 0.3 is 0 Å². The van der Waals surface area contributed by atoms with Gasteiger partial charge in [-0.25, -0.2) is 0 Å². The Labute approximate surface area is 134 Å². The maximum atomic E-state index is 12.3. The van der Waals surface area contributed by atoms with Crippen LogP contribution in [0.2, 0.25) is 0 Å². The molecule has 0 spiro atoms. The molecular weight excluding hydrogens is 320 g/mol. The summed E-state index contributed by atoms with van der Waals surface area (Å²) in [5.74, 6) is 0.529. The van der Waals surface area contributed by atoms with Crippen LogP contribution in [0.3, 0.4) is 0 Å². The number of para-hydroxylation sites is 1. The summed E-state index contributed by atoms with van der Waals surface area (Å²) in [6.07, 6.45) is 1.21. The highest BCUT2D eigenvalue weighted by Gasteiger charge is 2.20. The van der Waals surface area contributed by atoms with E-state index < -0.39 is 10.0 Å². The zero-order valence-electron chi connectivity index (χ0n) is 12.6. The predicted molar refractivity (Wildman–Crippen MR) is 85.6 cm³/mol. The van der Waals surface area contributed by atoms with Gasteiger partial charge in [0.05, 0.1) is 20.4 Å². The van der Waals surface area contributed by atoms with Gasteiger partial charge in [-0.1, -0.05) is 12.1 Å². The molecule has 0 aliphatic carbocycles. The molecule has 0 aromatic heterocycles. The molecule has 0 fully saturated rings. The normalized spacial score (nSPS) is 11.4. The van der Waals surface area contributed by atoms with Crippen molar-refractivity contribution in [2.24, 2.45) is 5.10 Å². The first-order chi connectivity index (χ1) is 11.0. The highest BCUT2D eigenvalue weighted by molar-refractivity contribution is 7.89. The van der Waals surface area contributed by atoms with Crippen LogP contribution in [-0.2, 0) is 10.0 Å². The Balaban J connectivity index is 2.27. The molecule has 122 valence electrons. The number of hydrogen-bond acceptors (Lipinski definition) is 6. The Morgan fingerprint density at radius 2 is 1.87 bits per heavy atom. The number of methoxy groups -OCH3 is 2. The van der Waals surface area contributed by atoms with Gasteiger partial charge < -0.3 is 14.6 Å². The first-order valence-electron chi connectivity index (χ1n) is 6.53. The first kappa shape index (κ1) is 16.6. The smallest absolute Gasteiger partial charge is 0.280 e. The van der Waals surface area contributed by atoms with Crippen molar-refractivity contribution in [3.8, 4) is 17.2 Å². The largest absolute Gasteiger partial charge is 0.507 e. The Morgan fingerprint density at radius 1 is 1.13 bits per heavy atom. The molecule has 0 radical (unpaired) electrons. The minimum absolute atomic E-state index is 0.00518. The van der Waals surface area contributed by atoms with E-state index in [0.29, 0.717) is 11.3 Å². The fraction of sp³-hybridized carbons (Fsp3) is 0.133. The van der Waals surface area contributed by atoms with Crippen molar-refractivity contribution in [1.29, 1.82) is 0 Å². The monoisotopic (exact) mass is 336 g/mol. The van der Waals surface area contributed by atoms with E-state index in [1.165, 1.54) is 38.6 Å². The van der Waals surface area contributed by atoms with Gasteiger partial charge in [0.2, 0.25) is 0 Å². The molecule has 23 heavy (non-hydrogen) atoms. The Bertz CT molecular complexity index is 818. The van der Waals surface area contributed by atoms with Crippen LogP contribution in [0.5, 0.6) is 17.2 Å². The van der Waals surface area contributed by atoms with E-state index in [9.17, 15) is 13.5 Å². The van der Waals surface area contributed by atoms with Crippen LogP contribution in [0, 0.1) is 0 Å². The molecule has 0 aliphatic rings. The number of phenols is 1. The number of rotatable bonds is 6. The lowest BCUT2D eigenvalue weighted by Gasteiger charge is -2.10. The molecule has 0 saturated heterocycles. The number of sulfonamides is 1. The molecule has 0 heterocycles. The lowest BCUT2D eigenvalue weighted by molar-refractivity contribution is 0.392. The van der Waals surface area contributed by atoms with Crippen molar-refractivity contribution in [3.63, 3.8) is 0 Å². The summed E-state index contributed by atoms with van der Waals surface area (Å²) < 4.78 is 34.7. The van der Waals surface area contributed by atoms with Crippen molar-refractivity contribution in [1.82, 2.24) is 4.83 Å². The van der Waals surface area contributed by atoms with E-state index in [1.807, 2.05) is 0 Å². The zero-order chi connectivity index (χ0) is 16.9. The molecule has 0 unspecified atom stereocenters. The summed E-state index contributed by atoms with van der Waals surface area (Å²) in [7, 11) is -1.15. The fourth-order valence-electron chi connectivity index (χ4n) is 1.81. The molecule has 2 aromatic carbocycles. The zero-order valence-corrected chi connectivity index (χ0v) is 13.4. The van der Waals surface area contributed by atoms with Gasteiger partial charge in [-0.05, 0) is 24.3 Å². The summed E-state index contributed by atoms with van der Waals surface area (Å²) in [5, 5.41) is 13.3. The lowest BCUT2D eigenvalue weighted by Crippen LogP contribution is -2.19. The van der Waals surface area contributed by atoms with Crippen molar-refractivity contribution < 1.29 is 23.0 Å². The number of ether oxygens (including phenoxy) is 2. The molecule has 0 bridgehead atoms. The van der Waals surface area contributed by atoms with Gasteiger partial charge in [-0.15, -0.1) is 0 Å². The predicted octanol–water partition coefficient (Wildman–Crippen LogP) is 1.72. The highest BCUT2D eigenvalue weighted by atomic mass is 32.2. The van der Waals surface area contributed by atoms with E-state index in [2.05, 4.69) is 9.93 Å². The van der Waals surface area contributed by atoms with Crippen LogP contribution < -0.4 is 14.3 Å². The second kappa shape index (κ2) is 7.01. The SMILES string of the molecule is COc1ccc(OC)c(S(=O)(=O)N/N=C\c2ccccc2O)c1. The van der Waals surface area contributed by atoms with Crippen LogP contribution in [0.15, 0.2) is 52.5 Å². The number of nitrogens with zero attached hydrogens (tertiary/aromatic N) is 1. The van der Waals surface area contributed by atoms with Crippen LogP contribution in [0.25, 0.3) is 0 Å². The number of nitrogens with one attached hydrogen (secondary N) is 1. The minimum atomic E-state index is -3.95. The lowest BCUT2D eigenvalue weighted by atomic mass is 10.2. The van der Waals surface area contributed by atoms with Crippen LogP contribution in [0.4, 0.5) is 0 Å². The van der Waals surface area contributed by atoms with Crippen LogP contribution in [0.1, 0.15) is 5.56 Å². The quantitative estimate of drug-likeness (QED) is 0.618. The first-order valence-corrected chi connectivity index (χ1v) is 8.01. The number of aromatic hydroxyl groups is 1. The number of hydrogen-bond donors (Lipinski definition) is 2. The average molecular weight is 336 g/mol. The van der Waals surface area contributed by atoms with Crippen molar-refractivity contribution in [2.75, 3.05) is 14.2 Å². The summed E-state index contributed by atoms with van der Waals surface area (Å²) in [6.45, 7) is 0. The topological polar surface area (TPSA) is 97.2 Å². The summed E-state index contributed by atoms with van der Waals surface area (Å²) in [6, 6.07) is 10.8. The van der Waals surface area contributed by atoms with E-state index in [-0.39, 0.29) is 16.4 Å². The second-order valence-electron chi connectivity index (χ2n) is 4.43. The van der Waals surface area contributed by atoms with Crippen molar-refractivity contribution in [2.45, 2.75) is 4.90 Å². The third kappa shape index (κ3) is 3.92. The molecule has 2 rings (SSSR count). The molecule has 0 aliphatic heterocycles. The van der Waals surface area contributed by atoms with Crippen LogP contribution in [-0.4, -0.2) is 34.0 Å². The maximum Gasteiger partial charge on any atom is 0.280 e. The molecule has 0 saturated carbocycles. The van der Waals surface area contributed by atoms with Crippen molar-refractivity contribution in [3.05, 3.63) is 48.0 Å². The van der Waals surface area contributed by atoms with Crippen molar-refractivity contribution >= 4 is 16.2 Å². The fourth-order valence-corrected chi connectivity index (χ4v) is 2.78. The Hall–Kier alpha value is -2.74. The van der Waals surface area contributed by atoms with Crippen LogP contribution >= 0.6 is 0 Å². The molecule has 2 aromatic rings. The van der Waals surface area contributed by atoms with Gasteiger partial charge in [-0.2, -0.15) is 18.4 Å². The molecule has 8 heteroatoms. The molecular formula is C15H16N2O5S. The van der Waals surface area contributed by atoms with E-state index in [0.717, 1.165) is 0 Å². The maximum absolute atomic E-state index is 12.3.